The molecule has 1 fully saturated rings. The predicted octanol–water partition coefficient (Wildman–Crippen LogP) is 4.18. The molecule has 0 spiro atoms. The average Bonchev–Trinajstić information content (AvgIpc) is 3.23. The van der Waals surface area contributed by atoms with Gasteiger partial charge in [0, 0.05) is 19.5 Å². The number of anilines is 1. The first-order valence-corrected chi connectivity index (χ1v) is 9.43. The second-order valence-electron chi connectivity index (χ2n) is 6.82. The maximum absolute atomic E-state index is 12.7. The van der Waals surface area contributed by atoms with Crippen molar-refractivity contribution < 1.29 is 14.3 Å². The average molecular weight is 364 g/mol. The molecule has 27 heavy (non-hydrogen) atoms. The van der Waals surface area contributed by atoms with Crippen molar-refractivity contribution in [3.8, 4) is 5.75 Å². The van der Waals surface area contributed by atoms with E-state index in [1.165, 1.54) is 11.1 Å². The first-order chi connectivity index (χ1) is 13.3. The summed E-state index contributed by atoms with van der Waals surface area (Å²) in [6.07, 6.45) is 3.92. The standard InChI is InChI=1S/C22H24N2O3/c25-22(24-13-10-18(11-14-24)17-6-2-1-3-7-17)23-20-8-4-5-9-21(20)27-19-12-15-26-16-19/h1-10,19H,11-16H2,(H,23,25). The van der Waals surface area contributed by atoms with Crippen molar-refractivity contribution in [3.05, 3.63) is 66.2 Å². The highest BCUT2D eigenvalue weighted by atomic mass is 16.5. The summed E-state index contributed by atoms with van der Waals surface area (Å²) in [6.45, 7) is 2.63. The molecule has 0 aromatic heterocycles. The Morgan fingerprint density at radius 2 is 1.93 bits per heavy atom. The van der Waals surface area contributed by atoms with Gasteiger partial charge in [-0.1, -0.05) is 48.5 Å². The van der Waals surface area contributed by atoms with Crippen molar-refractivity contribution in [2.45, 2.75) is 18.9 Å². The monoisotopic (exact) mass is 364 g/mol. The Morgan fingerprint density at radius 3 is 2.67 bits per heavy atom. The number of nitrogens with zero attached hydrogens (tertiary/aromatic N) is 1. The van der Waals surface area contributed by atoms with Gasteiger partial charge >= 0.3 is 6.03 Å². The quantitative estimate of drug-likeness (QED) is 0.886. The molecule has 1 unspecified atom stereocenters. The fourth-order valence-corrected chi connectivity index (χ4v) is 3.42. The maximum Gasteiger partial charge on any atom is 0.322 e. The molecule has 1 atom stereocenters. The highest BCUT2D eigenvalue weighted by Gasteiger charge is 2.21. The molecule has 140 valence electrons. The number of hydrogen-bond donors (Lipinski definition) is 1. The summed E-state index contributed by atoms with van der Waals surface area (Å²) < 4.78 is 11.4. The predicted molar refractivity (Wildman–Crippen MR) is 106 cm³/mol. The lowest BCUT2D eigenvalue weighted by Gasteiger charge is -2.27. The van der Waals surface area contributed by atoms with E-state index in [-0.39, 0.29) is 12.1 Å². The number of urea groups is 1. The summed E-state index contributed by atoms with van der Waals surface area (Å²) in [5.74, 6) is 0.693. The summed E-state index contributed by atoms with van der Waals surface area (Å²) in [5.41, 5.74) is 3.23. The van der Waals surface area contributed by atoms with E-state index in [0.29, 0.717) is 31.1 Å². The van der Waals surface area contributed by atoms with E-state index < -0.39 is 0 Å². The lowest BCUT2D eigenvalue weighted by atomic mass is 10.00. The summed E-state index contributed by atoms with van der Waals surface area (Å²) in [4.78, 5) is 14.5. The molecule has 2 amide bonds. The number of hydrogen-bond acceptors (Lipinski definition) is 3. The van der Waals surface area contributed by atoms with Crippen LogP contribution in [0.5, 0.6) is 5.75 Å². The van der Waals surface area contributed by atoms with Gasteiger partial charge in [0.2, 0.25) is 0 Å². The number of benzene rings is 2. The van der Waals surface area contributed by atoms with Gasteiger partial charge in [-0.25, -0.2) is 4.79 Å². The van der Waals surface area contributed by atoms with E-state index in [1.54, 1.807) is 0 Å². The Kier molecular flexibility index (Phi) is 5.39. The summed E-state index contributed by atoms with van der Waals surface area (Å²) >= 11 is 0. The highest BCUT2D eigenvalue weighted by Crippen LogP contribution is 2.28. The van der Waals surface area contributed by atoms with Gasteiger partial charge in [-0.2, -0.15) is 0 Å². The van der Waals surface area contributed by atoms with Gasteiger partial charge in [-0.3, -0.25) is 0 Å². The number of carbonyl (C=O) groups is 1. The molecule has 5 heteroatoms. The minimum Gasteiger partial charge on any atom is -0.486 e. The zero-order valence-corrected chi connectivity index (χ0v) is 15.3. The van der Waals surface area contributed by atoms with Crippen LogP contribution in [-0.4, -0.2) is 43.3 Å². The third-order valence-electron chi connectivity index (χ3n) is 4.95. The van der Waals surface area contributed by atoms with Crippen molar-refractivity contribution in [1.29, 1.82) is 0 Å². The molecular formula is C22H24N2O3. The van der Waals surface area contributed by atoms with Crippen molar-refractivity contribution >= 4 is 17.3 Å². The van der Waals surface area contributed by atoms with Crippen molar-refractivity contribution in [3.63, 3.8) is 0 Å². The topological polar surface area (TPSA) is 50.8 Å². The minimum atomic E-state index is -0.0999. The van der Waals surface area contributed by atoms with Crippen molar-refractivity contribution in [2.75, 3.05) is 31.6 Å². The normalized spacial score (nSPS) is 19.5. The summed E-state index contributed by atoms with van der Waals surface area (Å²) in [5, 5.41) is 3.00. The van der Waals surface area contributed by atoms with Gasteiger partial charge in [0.15, 0.2) is 0 Å². The number of para-hydroxylation sites is 2. The van der Waals surface area contributed by atoms with E-state index in [2.05, 4.69) is 23.5 Å². The Balaban J connectivity index is 1.39. The van der Waals surface area contributed by atoms with Crippen LogP contribution in [0.4, 0.5) is 10.5 Å². The van der Waals surface area contributed by atoms with Crippen LogP contribution in [0.25, 0.3) is 5.57 Å². The van der Waals surface area contributed by atoms with Gasteiger partial charge in [-0.15, -0.1) is 0 Å². The number of nitrogens with one attached hydrogen (secondary N) is 1. The molecule has 2 aromatic carbocycles. The van der Waals surface area contributed by atoms with E-state index >= 15 is 0 Å². The van der Waals surface area contributed by atoms with Crippen LogP contribution in [0.15, 0.2) is 60.7 Å². The van der Waals surface area contributed by atoms with E-state index in [1.807, 2.05) is 47.4 Å². The molecule has 2 aromatic rings. The Labute approximate surface area is 159 Å². The molecule has 0 saturated carbocycles. The lowest BCUT2D eigenvalue weighted by Crippen LogP contribution is -2.38. The fourth-order valence-electron chi connectivity index (χ4n) is 3.42. The van der Waals surface area contributed by atoms with E-state index in [4.69, 9.17) is 9.47 Å². The number of carbonyl (C=O) groups excluding carboxylic acids is 1. The van der Waals surface area contributed by atoms with Crippen LogP contribution in [0.2, 0.25) is 0 Å². The number of ether oxygens (including phenoxy) is 2. The molecule has 4 rings (SSSR count). The molecule has 2 heterocycles. The lowest BCUT2D eigenvalue weighted by molar-refractivity contribution is 0.142. The van der Waals surface area contributed by atoms with Gasteiger partial charge < -0.3 is 19.7 Å². The van der Waals surface area contributed by atoms with Gasteiger partial charge in [0.05, 0.1) is 18.9 Å². The molecule has 0 aliphatic carbocycles. The number of amides is 2. The van der Waals surface area contributed by atoms with E-state index in [9.17, 15) is 4.79 Å². The molecule has 1 N–H and O–H groups in total. The largest absolute Gasteiger partial charge is 0.486 e. The smallest absolute Gasteiger partial charge is 0.322 e. The maximum atomic E-state index is 12.7. The van der Waals surface area contributed by atoms with Crippen LogP contribution in [0, 0.1) is 0 Å². The summed E-state index contributed by atoms with van der Waals surface area (Å²) in [6, 6.07) is 17.8. The molecule has 1 saturated heterocycles. The Morgan fingerprint density at radius 1 is 1.11 bits per heavy atom. The third-order valence-corrected chi connectivity index (χ3v) is 4.95. The molecule has 2 aliphatic heterocycles. The van der Waals surface area contributed by atoms with E-state index in [0.717, 1.165) is 19.4 Å². The van der Waals surface area contributed by atoms with Crippen LogP contribution < -0.4 is 10.1 Å². The van der Waals surface area contributed by atoms with Gasteiger partial charge in [0.25, 0.3) is 0 Å². The second kappa shape index (κ2) is 8.27. The first kappa shape index (κ1) is 17.6. The van der Waals surface area contributed by atoms with Gasteiger partial charge in [0.1, 0.15) is 11.9 Å². The Hall–Kier alpha value is -2.79. The molecule has 2 aliphatic rings. The second-order valence-corrected chi connectivity index (χ2v) is 6.82. The highest BCUT2D eigenvalue weighted by molar-refractivity contribution is 5.91. The van der Waals surface area contributed by atoms with Crippen molar-refractivity contribution in [2.24, 2.45) is 0 Å². The minimum absolute atomic E-state index is 0.0504. The summed E-state index contributed by atoms with van der Waals surface area (Å²) in [7, 11) is 0. The van der Waals surface area contributed by atoms with Crippen molar-refractivity contribution in [1.82, 2.24) is 4.90 Å². The third kappa shape index (κ3) is 4.31. The zero-order chi connectivity index (χ0) is 18.5. The van der Waals surface area contributed by atoms with Crippen LogP contribution >= 0.6 is 0 Å². The van der Waals surface area contributed by atoms with Crippen LogP contribution in [0.3, 0.4) is 0 Å². The molecule has 5 nitrogen and oxygen atoms in total. The molecule has 0 bridgehead atoms. The number of rotatable bonds is 4. The Bertz CT molecular complexity index is 813. The van der Waals surface area contributed by atoms with Crippen LogP contribution in [-0.2, 0) is 4.74 Å². The van der Waals surface area contributed by atoms with Crippen LogP contribution in [0.1, 0.15) is 18.4 Å². The first-order valence-electron chi connectivity index (χ1n) is 9.43. The fraction of sp³-hybridized carbons (Fsp3) is 0.318. The van der Waals surface area contributed by atoms with Gasteiger partial charge in [-0.05, 0) is 29.7 Å². The zero-order valence-electron chi connectivity index (χ0n) is 15.3. The molecular weight excluding hydrogens is 340 g/mol. The molecule has 0 radical (unpaired) electrons. The SMILES string of the molecule is O=C(Nc1ccccc1OC1CCOC1)N1CC=C(c2ccccc2)CC1.